The summed E-state index contributed by atoms with van der Waals surface area (Å²) in [6.07, 6.45) is 4.89. The van der Waals surface area contributed by atoms with Crippen LogP contribution in [0.4, 0.5) is 5.69 Å². The summed E-state index contributed by atoms with van der Waals surface area (Å²) in [7, 11) is 0. The van der Waals surface area contributed by atoms with Gasteiger partial charge in [-0.25, -0.2) is 14.8 Å². The number of anilines is 1. The minimum Gasteiger partial charge on any atom is -0.322 e. The van der Waals surface area contributed by atoms with Crippen LogP contribution in [0.2, 0.25) is 0 Å². The molecule has 144 valence electrons. The number of pyridine rings is 1. The maximum Gasteiger partial charge on any atom is 0.330 e. The summed E-state index contributed by atoms with van der Waals surface area (Å²) in [4.78, 5) is 47.8. The van der Waals surface area contributed by atoms with E-state index in [1.807, 2.05) is 17.5 Å². The normalized spacial score (nSPS) is 13.5. The van der Waals surface area contributed by atoms with Crippen LogP contribution in [0.5, 0.6) is 0 Å². The number of H-pyrrole nitrogens is 1. The van der Waals surface area contributed by atoms with E-state index in [9.17, 15) is 14.4 Å². The third kappa shape index (κ3) is 3.25. The molecule has 1 amide bonds. The Morgan fingerprint density at radius 2 is 1.97 bits per heavy atom. The molecule has 3 aromatic heterocycles. The van der Waals surface area contributed by atoms with Gasteiger partial charge in [0.25, 0.3) is 11.5 Å². The van der Waals surface area contributed by atoms with Gasteiger partial charge < -0.3 is 5.32 Å². The van der Waals surface area contributed by atoms with Crippen molar-refractivity contribution in [1.82, 2.24) is 19.5 Å². The van der Waals surface area contributed by atoms with Crippen LogP contribution in [0.3, 0.4) is 0 Å². The Morgan fingerprint density at radius 3 is 2.66 bits per heavy atom. The summed E-state index contributed by atoms with van der Waals surface area (Å²) in [5, 5.41) is 5.83. The van der Waals surface area contributed by atoms with E-state index in [2.05, 4.69) is 20.3 Å². The molecular formula is C20H15N5O3S. The first-order valence-electron chi connectivity index (χ1n) is 9.06. The average Bonchev–Trinajstić information content (AvgIpc) is 3.40. The summed E-state index contributed by atoms with van der Waals surface area (Å²) < 4.78 is 1.50. The molecule has 1 saturated carbocycles. The van der Waals surface area contributed by atoms with Crippen LogP contribution in [-0.2, 0) is 0 Å². The highest BCUT2D eigenvalue weighted by Crippen LogP contribution is 2.34. The molecule has 0 aliphatic heterocycles. The van der Waals surface area contributed by atoms with Crippen molar-refractivity contribution in [3.05, 3.63) is 74.5 Å². The van der Waals surface area contributed by atoms with E-state index in [0.29, 0.717) is 11.3 Å². The van der Waals surface area contributed by atoms with E-state index in [1.54, 1.807) is 29.7 Å². The second kappa shape index (κ2) is 6.78. The molecule has 5 rings (SSSR count). The van der Waals surface area contributed by atoms with Crippen LogP contribution in [0.25, 0.3) is 21.6 Å². The van der Waals surface area contributed by atoms with Crippen molar-refractivity contribution in [3.63, 3.8) is 0 Å². The Morgan fingerprint density at radius 1 is 1.17 bits per heavy atom. The lowest BCUT2D eigenvalue weighted by molar-refractivity contribution is 0.102. The van der Waals surface area contributed by atoms with Gasteiger partial charge in [-0.15, -0.1) is 11.3 Å². The van der Waals surface area contributed by atoms with Gasteiger partial charge in [-0.3, -0.25) is 19.1 Å². The van der Waals surface area contributed by atoms with Gasteiger partial charge in [0.2, 0.25) is 0 Å². The third-order valence-electron chi connectivity index (χ3n) is 4.77. The number of nitrogens with zero attached hydrogens (tertiary/aromatic N) is 3. The monoisotopic (exact) mass is 405 g/mol. The average molecular weight is 405 g/mol. The summed E-state index contributed by atoms with van der Waals surface area (Å²) in [5.74, 6) is -0.384. The number of hydrogen-bond acceptors (Lipinski definition) is 6. The number of aromatic nitrogens is 4. The molecule has 0 saturated heterocycles. The van der Waals surface area contributed by atoms with Crippen molar-refractivity contribution in [2.24, 2.45) is 0 Å². The number of nitrogens with one attached hydrogen (secondary N) is 2. The molecule has 0 atom stereocenters. The number of fused-ring (bicyclic) bond motifs is 1. The molecule has 1 aromatic carbocycles. The summed E-state index contributed by atoms with van der Waals surface area (Å²) in [6.45, 7) is 0. The van der Waals surface area contributed by atoms with Crippen molar-refractivity contribution in [2.45, 2.75) is 18.9 Å². The van der Waals surface area contributed by atoms with E-state index >= 15 is 0 Å². The fourth-order valence-corrected chi connectivity index (χ4v) is 3.84. The van der Waals surface area contributed by atoms with Gasteiger partial charge in [0.1, 0.15) is 10.7 Å². The number of benzene rings is 1. The lowest BCUT2D eigenvalue weighted by Crippen LogP contribution is -2.30. The van der Waals surface area contributed by atoms with E-state index in [0.717, 1.165) is 23.4 Å². The van der Waals surface area contributed by atoms with E-state index in [-0.39, 0.29) is 22.9 Å². The van der Waals surface area contributed by atoms with Crippen LogP contribution >= 0.6 is 11.3 Å². The SMILES string of the molecule is O=C(Nc1ccc(-c2nccs2)cc1)c1cnc2c(c1)c(=O)[nH]c(=O)n2C1CC1. The predicted octanol–water partition coefficient (Wildman–Crippen LogP) is 2.80. The second-order valence-electron chi connectivity index (χ2n) is 6.82. The molecule has 1 fully saturated rings. The van der Waals surface area contributed by atoms with Crippen LogP contribution in [0.15, 0.2) is 57.7 Å². The number of amides is 1. The number of rotatable bonds is 4. The largest absolute Gasteiger partial charge is 0.330 e. The fourth-order valence-electron chi connectivity index (χ4n) is 3.20. The van der Waals surface area contributed by atoms with Gasteiger partial charge in [-0.1, -0.05) is 0 Å². The minimum atomic E-state index is -0.545. The highest BCUT2D eigenvalue weighted by Gasteiger charge is 2.27. The molecule has 0 spiro atoms. The molecule has 29 heavy (non-hydrogen) atoms. The summed E-state index contributed by atoms with van der Waals surface area (Å²) in [6, 6.07) is 8.88. The van der Waals surface area contributed by atoms with Gasteiger partial charge in [0, 0.05) is 35.1 Å². The van der Waals surface area contributed by atoms with Crippen molar-refractivity contribution in [3.8, 4) is 10.6 Å². The Hall–Kier alpha value is -3.59. The molecule has 1 aliphatic carbocycles. The second-order valence-corrected chi connectivity index (χ2v) is 7.72. The topological polar surface area (TPSA) is 110 Å². The van der Waals surface area contributed by atoms with Crippen LogP contribution in [0.1, 0.15) is 29.2 Å². The summed E-state index contributed by atoms with van der Waals surface area (Å²) in [5.41, 5.74) is 1.13. The Labute approximate surface area is 167 Å². The van der Waals surface area contributed by atoms with Crippen molar-refractivity contribution >= 4 is 34.0 Å². The lowest BCUT2D eigenvalue weighted by Gasteiger charge is -2.09. The fraction of sp³-hybridized carbons (Fsp3) is 0.150. The van der Waals surface area contributed by atoms with Gasteiger partial charge >= 0.3 is 5.69 Å². The minimum absolute atomic E-state index is 0.0605. The molecule has 0 radical (unpaired) electrons. The molecule has 0 bridgehead atoms. The number of carbonyl (C=O) groups excluding carboxylic acids is 1. The van der Waals surface area contributed by atoms with Crippen LogP contribution in [0, 0.1) is 0 Å². The maximum atomic E-state index is 12.6. The summed E-state index contributed by atoms with van der Waals surface area (Å²) >= 11 is 1.54. The predicted molar refractivity (Wildman–Crippen MR) is 110 cm³/mol. The van der Waals surface area contributed by atoms with Crippen LogP contribution < -0.4 is 16.6 Å². The maximum absolute atomic E-state index is 12.6. The number of aromatic amines is 1. The van der Waals surface area contributed by atoms with E-state index < -0.39 is 11.2 Å². The number of carbonyl (C=O) groups is 1. The van der Waals surface area contributed by atoms with Crippen LogP contribution in [-0.4, -0.2) is 25.4 Å². The van der Waals surface area contributed by atoms with Gasteiger partial charge in [-0.2, -0.15) is 0 Å². The zero-order valence-corrected chi connectivity index (χ0v) is 15.9. The molecule has 0 unspecified atom stereocenters. The van der Waals surface area contributed by atoms with Gasteiger partial charge in [0.15, 0.2) is 0 Å². The van der Waals surface area contributed by atoms with E-state index in [4.69, 9.17) is 0 Å². The standard InChI is InChI=1S/C20H15N5O3S/c26-17(23-13-3-1-11(2-4-13)19-21-7-8-29-19)12-9-15-16(22-10-12)25(14-5-6-14)20(28)24-18(15)27/h1-4,7-10,14H,5-6H2,(H,23,26)(H,24,27,28). The molecule has 2 N–H and O–H groups in total. The van der Waals surface area contributed by atoms with E-state index in [1.165, 1.54) is 16.8 Å². The molecule has 4 aromatic rings. The van der Waals surface area contributed by atoms with Crippen molar-refractivity contribution in [2.75, 3.05) is 5.32 Å². The quantitative estimate of drug-likeness (QED) is 0.543. The Balaban J connectivity index is 1.44. The van der Waals surface area contributed by atoms with Gasteiger partial charge in [0.05, 0.1) is 10.9 Å². The first-order valence-corrected chi connectivity index (χ1v) is 9.94. The Bertz CT molecular complexity index is 1340. The number of hydrogen-bond donors (Lipinski definition) is 2. The first kappa shape index (κ1) is 17.5. The highest BCUT2D eigenvalue weighted by atomic mass is 32.1. The molecule has 1 aliphatic rings. The Kier molecular flexibility index (Phi) is 4.09. The molecule has 9 heteroatoms. The molecule has 3 heterocycles. The zero-order chi connectivity index (χ0) is 20.0. The molecule has 8 nitrogen and oxygen atoms in total. The third-order valence-corrected chi connectivity index (χ3v) is 5.60. The zero-order valence-electron chi connectivity index (χ0n) is 15.1. The number of thiazole rings is 1. The van der Waals surface area contributed by atoms with Gasteiger partial charge in [-0.05, 0) is 43.2 Å². The smallest absolute Gasteiger partial charge is 0.322 e. The lowest BCUT2D eigenvalue weighted by atomic mass is 10.2. The highest BCUT2D eigenvalue weighted by molar-refractivity contribution is 7.13. The molecular weight excluding hydrogens is 390 g/mol. The first-order chi connectivity index (χ1) is 14.1. The van der Waals surface area contributed by atoms with Crippen molar-refractivity contribution < 1.29 is 4.79 Å². The van der Waals surface area contributed by atoms with Crippen molar-refractivity contribution in [1.29, 1.82) is 0 Å².